The Morgan fingerprint density at radius 3 is 3.12 bits per heavy atom. The number of aromatic nitrogens is 2. The Hall–Kier alpha value is -2.00. The van der Waals surface area contributed by atoms with Gasteiger partial charge in [0.1, 0.15) is 0 Å². The molecule has 0 aromatic carbocycles. The van der Waals surface area contributed by atoms with Gasteiger partial charge in [0.2, 0.25) is 0 Å². The molecule has 84 valence electrons. The topological polar surface area (TPSA) is 51.8 Å². The molecule has 1 aliphatic carbocycles. The Morgan fingerprint density at radius 1 is 1.29 bits per heavy atom. The van der Waals surface area contributed by atoms with Crippen LogP contribution in [0.25, 0.3) is 5.57 Å². The van der Waals surface area contributed by atoms with E-state index < -0.39 is 0 Å². The van der Waals surface area contributed by atoms with Crippen molar-refractivity contribution in [2.45, 2.75) is 13.0 Å². The van der Waals surface area contributed by atoms with Crippen LogP contribution in [-0.4, -0.2) is 9.97 Å². The predicted molar refractivity (Wildman–Crippen MR) is 67.1 cm³/mol. The van der Waals surface area contributed by atoms with Crippen LogP contribution in [0.2, 0.25) is 0 Å². The van der Waals surface area contributed by atoms with Crippen molar-refractivity contribution in [1.29, 1.82) is 0 Å². The SMILES string of the molecule is NCc1cncc(C2=CCc3ncccc32)c1. The molecular weight excluding hydrogens is 210 g/mol. The molecule has 3 nitrogen and oxygen atoms in total. The van der Waals surface area contributed by atoms with Gasteiger partial charge >= 0.3 is 0 Å². The van der Waals surface area contributed by atoms with Crippen molar-refractivity contribution < 1.29 is 0 Å². The minimum absolute atomic E-state index is 0.522. The van der Waals surface area contributed by atoms with E-state index in [0.29, 0.717) is 6.54 Å². The van der Waals surface area contributed by atoms with Crippen molar-refractivity contribution in [3.8, 4) is 0 Å². The first-order chi connectivity index (χ1) is 8.38. The second-order valence-corrected chi connectivity index (χ2v) is 4.11. The van der Waals surface area contributed by atoms with E-state index in [1.165, 1.54) is 11.1 Å². The molecule has 2 aromatic heterocycles. The molecular formula is C14H13N3. The zero-order valence-corrected chi connectivity index (χ0v) is 9.43. The fraction of sp³-hybridized carbons (Fsp3) is 0.143. The number of nitrogens with two attached hydrogens (primary N) is 1. The van der Waals surface area contributed by atoms with Crippen molar-refractivity contribution >= 4 is 5.57 Å². The van der Waals surface area contributed by atoms with E-state index in [0.717, 1.165) is 23.2 Å². The summed E-state index contributed by atoms with van der Waals surface area (Å²) >= 11 is 0. The molecule has 0 atom stereocenters. The highest BCUT2D eigenvalue weighted by molar-refractivity contribution is 5.83. The first-order valence-electron chi connectivity index (χ1n) is 5.67. The van der Waals surface area contributed by atoms with Crippen molar-refractivity contribution in [1.82, 2.24) is 9.97 Å². The maximum absolute atomic E-state index is 5.64. The van der Waals surface area contributed by atoms with Crippen LogP contribution in [0, 0.1) is 0 Å². The van der Waals surface area contributed by atoms with Gasteiger partial charge in [-0.25, -0.2) is 0 Å². The number of hydrogen-bond acceptors (Lipinski definition) is 3. The third-order valence-electron chi connectivity index (χ3n) is 3.02. The highest BCUT2D eigenvalue weighted by Gasteiger charge is 2.16. The van der Waals surface area contributed by atoms with E-state index >= 15 is 0 Å². The summed E-state index contributed by atoms with van der Waals surface area (Å²) in [6.45, 7) is 0.522. The van der Waals surface area contributed by atoms with E-state index in [4.69, 9.17) is 5.73 Å². The van der Waals surface area contributed by atoms with Gasteiger partial charge < -0.3 is 5.73 Å². The summed E-state index contributed by atoms with van der Waals surface area (Å²) in [5, 5.41) is 0. The van der Waals surface area contributed by atoms with Crippen LogP contribution in [0.15, 0.2) is 42.9 Å². The predicted octanol–water partition coefficient (Wildman–Crippen LogP) is 1.92. The molecule has 3 rings (SSSR count). The Balaban J connectivity index is 2.06. The lowest BCUT2D eigenvalue weighted by molar-refractivity contribution is 1.04. The first kappa shape index (κ1) is 10.2. The van der Waals surface area contributed by atoms with Crippen LogP contribution >= 0.6 is 0 Å². The summed E-state index contributed by atoms with van der Waals surface area (Å²) in [6, 6.07) is 6.18. The van der Waals surface area contributed by atoms with Gasteiger partial charge in [0.15, 0.2) is 0 Å². The van der Waals surface area contributed by atoms with Crippen LogP contribution < -0.4 is 5.73 Å². The summed E-state index contributed by atoms with van der Waals surface area (Å²) in [6.07, 6.45) is 8.63. The van der Waals surface area contributed by atoms with E-state index in [-0.39, 0.29) is 0 Å². The lowest BCUT2D eigenvalue weighted by Gasteiger charge is -2.06. The third kappa shape index (κ3) is 1.74. The van der Waals surface area contributed by atoms with Gasteiger partial charge in [-0.2, -0.15) is 0 Å². The minimum Gasteiger partial charge on any atom is -0.326 e. The molecule has 0 spiro atoms. The number of nitrogens with zero attached hydrogens (tertiary/aromatic N) is 2. The van der Waals surface area contributed by atoms with E-state index in [9.17, 15) is 0 Å². The fourth-order valence-corrected chi connectivity index (χ4v) is 2.17. The van der Waals surface area contributed by atoms with Crippen molar-refractivity contribution in [2.75, 3.05) is 0 Å². The maximum Gasteiger partial charge on any atom is 0.0519 e. The number of hydrogen-bond donors (Lipinski definition) is 1. The second-order valence-electron chi connectivity index (χ2n) is 4.11. The summed E-state index contributed by atoms with van der Waals surface area (Å²) in [5.41, 5.74) is 11.4. The molecule has 17 heavy (non-hydrogen) atoms. The molecule has 0 bridgehead atoms. The van der Waals surface area contributed by atoms with Gasteiger partial charge in [-0.3, -0.25) is 9.97 Å². The Kier molecular flexibility index (Phi) is 2.46. The van der Waals surface area contributed by atoms with Gasteiger partial charge in [0, 0.05) is 42.7 Å². The molecule has 3 heteroatoms. The number of fused-ring (bicyclic) bond motifs is 1. The molecule has 2 N–H and O–H groups in total. The van der Waals surface area contributed by atoms with Crippen molar-refractivity contribution in [3.05, 3.63) is 65.2 Å². The summed E-state index contributed by atoms with van der Waals surface area (Å²) in [4.78, 5) is 8.61. The number of pyridine rings is 2. The smallest absolute Gasteiger partial charge is 0.0519 e. The van der Waals surface area contributed by atoms with Crippen LogP contribution in [-0.2, 0) is 13.0 Å². The quantitative estimate of drug-likeness (QED) is 0.846. The summed E-state index contributed by atoms with van der Waals surface area (Å²) < 4.78 is 0. The van der Waals surface area contributed by atoms with Gasteiger partial charge in [-0.05, 0) is 23.3 Å². The van der Waals surface area contributed by atoms with Gasteiger partial charge in [-0.15, -0.1) is 0 Å². The van der Waals surface area contributed by atoms with Crippen LogP contribution in [0.1, 0.15) is 22.4 Å². The summed E-state index contributed by atoms with van der Waals surface area (Å²) in [5.74, 6) is 0. The van der Waals surface area contributed by atoms with Crippen molar-refractivity contribution in [3.63, 3.8) is 0 Å². The molecule has 0 unspecified atom stereocenters. The van der Waals surface area contributed by atoms with E-state index in [1.807, 2.05) is 24.7 Å². The second kappa shape index (κ2) is 4.11. The molecule has 0 saturated carbocycles. The monoisotopic (exact) mass is 223 g/mol. The van der Waals surface area contributed by atoms with Crippen molar-refractivity contribution in [2.24, 2.45) is 5.73 Å². The lowest BCUT2D eigenvalue weighted by Crippen LogP contribution is -1.98. The third-order valence-corrected chi connectivity index (χ3v) is 3.02. The van der Waals surface area contributed by atoms with Gasteiger partial charge in [-0.1, -0.05) is 12.1 Å². The molecule has 0 fully saturated rings. The summed E-state index contributed by atoms with van der Waals surface area (Å²) in [7, 11) is 0. The molecule has 1 aliphatic rings. The Morgan fingerprint density at radius 2 is 2.24 bits per heavy atom. The molecule has 0 saturated heterocycles. The average molecular weight is 223 g/mol. The minimum atomic E-state index is 0.522. The Labute approximate surface area is 100 Å². The fourth-order valence-electron chi connectivity index (χ4n) is 2.17. The molecule has 0 aliphatic heterocycles. The zero-order valence-electron chi connectivity index (χ0n) is 9.43. The van der Waals surface area contributed by atoms with Gasteiger partial charge in [0.05, 0.1) is 5.69 Å². The number of rotatable bonds is 2. The molecule has 2 heterocycles. The molecule has 0 radical (unpaired) electrons. The number of allylic oxidation sites excluding steroid dienone is 1. The first-order valence-corrected chi connectivity index (χ1v) is 5.67. The van der Waals surface area contributed by atoms with E-state index in [2.05, 4.69) is 28.2 Å². The standard InChI is InChI=1S/C14H13N3/c15-7-10-6-11(9-16-8-10)12-3-4-14-13(12)2-1-5-17-14/h1-3,5-6,8-9H,4,7,15H2. The normalized spacial score (nSPS) is 13.4. The lowest BCUT2D eigenvalue weighted by atomic mass is 10.0. The van der Waals surface area contributed by atoms with E-state index in [1.54, 1.807) is 0 Å². The van der Waals surface area contributed by atoms with Crippen LogP contribution in [0.5, 0.6) is 0 Å². The van der Waals surface area contributed by atoms with Crippen LogP contribution in [0.4, 0.5) is 0 Å². The highest BCUT2D eigenvalue weighted by atomic mass is 14.7. The average Bonchev–Trinajstić information content (AvgIpc) is 2.82. The zero-order chi connectivity index (χ0) is 11.7. The maximum atomic E-state index is 5.64. The molecule has 2 aromatic rings. The molecule has 0 amide bonds. The van der Waals surface area contributed by atoms with Gasteiger partial charge in [0.25, 0.3) is 0 Å². The largest absolute Gasteiger partial charge is 0.326 e. The highest BCUT2D eigenvalue weighted by Crippen LogP contribution is 2.31. The van der Waals surface area contributed by atoms with Crippen LogP contribution in [0.3, 0.4) is 0 Å². The Bertz CT molecular complexity index is 588.